The van der Waals surface area contributed by atoms with Gasteiger partial charge in [-0.25, -0.2) is 0 Å². The zero-order valence-electron chi connectivity index (χ0n) is 14.7. The molecule has 2 rings (SSSR count). The Bertz CT molecular complexity index is 707. The Hall–Kier alpha value is -2.26. The third-order valence-electron chi connectivity index (χ3n) is 3.43. The number of amides is 1. The van der Waals surface area contributed by atoms with Gasteiger partial charge in [-0.2, -0.15) is 0 Å². The van der Waals surface area contributed by atoms with Crippen molar-refractivity contribution >= 4 is 23.4 Å². The van der Waals surface area contributed by atoms with Crippen LogP contribution in [-0.2, 0) is 16.1 Å². The van der Waals surface area contributed by atoms with E-state index in [9.17, 15) is 4.79 Å². The van der Waals surface area contributed by atoms with Gasteiger partial charge in [-0.1, -0.05) is 11.8 Å². The predicted octanol–water partition coefficient (Wildman–Crippen LogP) is 2.06. The van der Waals surface area contributed by atoms with Gasteiger partial charge in [0.2, 0.25) is 5.91 Å². The van der Waals surface area contributed by atoms with Crippen molar-refractivity contribution in [2.24, 2.45) is 0 Å². The average molecular weight is 366 g/mol. The molecule has 0 bridgehead atoms. The summed E-state index contributed by atoms with van der Waals surface area (Å²) >= 11 is 1.33. The number of rotatable bonds is 9. The lowest BCUT2D eigenvalue weighted by Crippen LogP contribution is -2.23. The fourth-order valence-corrected chi connectivity index (χ4v) is 2.89. The van der Waals surface area contributed by atoms with E-state index in [1.54, 1.807) is 45.9 Å². The van der Waals surface area contributed by atoms with Gasteiger partial charge in [0.1, 0.15) is 17.8 Å². The molecule has 25 heavy (non-hydrogen) atoms. The largest absolute Gasteiger partial charge is 0.497 e. The number of nitrogens with one attached hydrogen (secondary N) is 1. The number of ether oxygens (including phenoxy) is 3. The lowest BCUT2D eigenvalue weighted by atomic mass is 10.2. The molecule has 0 saturated heterocycles. The van der Waals surface area contributed by atoms with E-state index in [0.29, 0.717) is 35.5 Å². The highest BCUT2D eigenvalue weighted by molar-refractivity contribution is 8.00. The smallest absolute Gasteiger partial charge is 0.237 e. The lowest BCUT2D eigenvalue weighted by molar-refractivity contribution is -0.115. The minimum atomic E-state index is -0.374. The maximum Gasteiger partial charge on any atom is 0.237 e. The summed E-state index contributed by atoms with van der Waals surface area (Å²) in [5.74, 6) is 1.03. The van der Waals surface area contributed by atoms with Gasteiger partial charge in [0.15, 0.2) is 5.16 Å². The average Bonchev–Trinajstić information content (AvgIpc) is 3.06. The standard InChI is InChI=1S/C16H22N4O4S/c1-11(25-16-19-17-10-20(16)7-8-22-2)15(21)18-13-9-12(23-3)5-6-14(13)24-4/h5-6,9-11H,7-8H2,1-4H3,(H,18,21)/t11-/m1/s1. The molecule has 1 N–H and O–H groups in total. The SMILES string of the molecule is COCCn1cnnc1S[C@H](C)C(=O)Nc1cc(OC)ccc1OC. The summed E-state index contributed by atoms with van der Waals surface area (Å²) in [5, 5.41) is 11.1. The van der Waals surface area contributed by atoms with Gasteiger partial charge < -0.3 is 24.1 Å². The van der Waals surface area contributed by atoms with E-state index in [4.69, 9.17) is 14.2 Å². The van der Waals surface area contributed by atoms with Gasteiger partial charge in [0, 0.05) is 19.7 Å². The Morgan fingerprint density at radius 3 is 2.80 bits per heavy atom. The molecule has 9 heteroatoms. The monoisotopic (exact) mass is 366 g/mol. The maximum atomic E-state index is 12.5. The van der Waals surface area contributed by atoms with E-state index >= 15 is 0 Å². The molecule has 0 unspecified atom stereocenters. The maximum absolute atomic E-state index is 12.5. The summed E-state index contributed by atoms with van der Waals surface area (Å²) in [6, 6.07) is 5.23. The summed E-state index contributed by atoms with van der Waals surface area (Å²) in [6.07, 6.45) is 1.62. The van der Waals surface area contributed by atoms with Crippen LogP contribution in [0.5, 0.6) is 11.5 Å². The molecule has 136 valence electrons. The summed E-state index contributed by atoms with van der Waals surface area (Å²) in [5.41, 5.74) is 0.556. The molecule has 1 aromatic carbocycles. The van der Waals surface area contributed by atoms with Crippen LogP contribution in [0.4, 0.5) is 5.69 Å². The van der Waals surface area contributed by atoms with Crippen LogP contribution >= 0.6 is 11.8 Å². The quantitative estimate of drug-likeness (QED) is 0.680. The number of benzene rings is 1. The minimum absolute atomic E-state index is 0.169. The third kappa shape index (κ3) is 5.10. The fourth-order valence-electron chi connectivity index (χ4n) is 2.04. The van der Waals surface area contributed by atoms with Crippen molar-refractivity contribution in [1.29, 1.82) is 0 Å². The summed E-state index contributed by atoms with van der Waals surface area (Å²) < 4.78 is 17.4. The third-order valence-corrected chi connectivity index (χ3v) is 4.53. The molecule has 0 spiro atoms. The number of hydrogen-bond donors (Lipinski definition) is 1. The lowest BCUT2D eigenvalue weighted by Gasteiger charge is -2.15. The number of hydrogen-bond acceptors (Lipinski definition) is 7. The number of nitrogens with zero attached hydrogens (tertiary/aromatic N) is 3. The van der Waals surface area contributed by atoms with Crippen LogP contribution in [-0.4, -0.2) is 53.9 Å². The molecule has 0 aliphatic heterocycles. The topological polar surface area (TPSA) is 87.5 Å². The van der Waals surface area contributed by atoms with Crippen LogP contribution in [0.1, 0.15) is 6.92 Å². The van der Waals surface area contributed by atoms with Gasteiger partial charge in [-0.05, 0) is 19.1 Å². The van der Waals surface area contributed by atoms with Crippen LogP contribution in [0.15, 0.2) is 29.7 Å². The van der Waals surface area contributed by atoms with Crippen molar-refractivity contribution in [2.75, 3.05) is 33.3 Å². The summed E-state index contributed by atoms with van der Waals surface area (Å²) in [6.45, 7) is 2.99. The second kappa shape index (κ2) is 9.28. The number of aromatic nitrogens is 3. The molecule has 1 amide bonds. The van der Waals surface area contributed by atoms with E-state index in [1.807, 2.05) is 11.5 Å². The first kappa shape index (κ1) is 19.1. The Morgan fingerprint density at radius 2 is 2.12 bits per heavy atom. The first-order chi connectivity index (χ1) is 12.1. The van der Waals surface area contributed by atoms with Gasteiger partial charge in [-0.3, -0.25) is 4.79 Å². The van der Waals surface area contributed by atoms with Crippen molar-refractivity contribution < 1.29 is 19.0 Å². The molecule has 1 aromatic heterocycles. The van der Waals surface area contributed by atoms with E-state index in [1.165, 1.54) is 11.8 Å². The predicted molar refractivity (Wildman–Crippen MR) is 95.4 cm³/mol. The number of methoxy groups -OCH3 is 3. The van der Waals surface area contributed by atoms with Crippen LogP contribution < -0.4 is 14.8 Å². The number of thioether (sulfide) groups is 1. The molecule has 0 radical (unpaired) electrons. The van der Waals surface area contributed by atoms with Crippen molar-refractivity contribution in [3.63, 3.8) is 0 Å². The second-order valence-corrected chi connectivity index (χ2v) is 6.42. The molecule has 0 fully saturated rings. The Labute approximate surface area is 150 Å². The van der Waals surface area contributed by atoms with Gasteiger partial charge in [-0.15, -0.1) is 10.2 Å². The summed E-state index contributed by atoms with van der Waals surface area (Å²) in [4.78, 5) is 12.5. The first-order valence-corrected chi connectivity index (χ1v) is 8.53. The number of carbonyl (C=O) groups excluding carboxylic acids is 1. The number of anilines is 1. The van der Waals surface area contributed by atoms with Gasteiger partial charge >= 0.3 is 0 Å². The second-order valence-electron chi connectivity index (χ2n) is 5.12. The van der Waals surface area contributed by atoms with Crippen LogP contribution in [0, 0.1) is 0 Å². The Balaban J connectivity index is 2.05. The summed E-state index contributed by atoms with van der Waals surface area (Å²) in [7, 11) is 4.75. The number of carbonyl (C=O) groups is 1. The van der Waals surface area contributed by atoms with Crippen LogP contribution in [0.25, 0.3) is 0 Å². The highest BCUT2D eigenvalue weighted by atomic mass is 32.2. The highest BCUT2D eigenvalue weighted by Gasteiger charge is 2.19. The van der Waals surface area contributed by atoms with Crippen LogP contribution in [0.3, 0.4) is 0 Å². The molecule has 8 nitrogen and oxygen atoms in total. The molecule has 2 aromatic rings. The van der Waals surface area contributed by atoms with Crippen molar-refractivity contribution in [2.45, 2.75) is 23.9 Å². The normalized spacial score (nSPS) is 11.8. The van der Waals surface area contributed by atoms with E-state index in [0.717, 1.165) is 0 Å². The fraction of sp³-hybridized carbons (Fsp3) is 0.438. The van der Waals surface area contributed by atoms with E-state index < -0.39 is 0 Å². The molecular formula is C16H22N4O4S. The van der Waals surface area contributed by atoms with E-state index in [2.05, 4.69) is 15.5 Å². The van der Waals surface area contributed by atoms with Gasteiger partial charge in [0.05, 0.1) is 31.8 Å². The zero-order valence-corrected chi connectivity index (χ0v) is 15.5. The molecule has 0 aliphatic carbocycles. The highest BCUT2D eigenvalue weighted by Crippen LogP contribution is 2.30. The molecule has 0 aliphatic rings. The van der Waals surface area contributed by atoms with E-state index in [-0.39, 0.29) is 11.2 Å². The van der Waals surface area contributed by atoms with Gasteiger partial charge in [0.25, 0.3) is 0 Å². The molecule has 1 heterocycles. The molecule has 1 atom stereocenters. The zero-order chi connectivity index (χ0) is 18.2. The Kier molecular flexibility index (Phi) is 7.08. The van der Waals surface area contributed by atoms with Crippen LogP contribution in [0.2, 0.25) is 0 Å². The Morgan fingerprint density at radius 1 is 1.32 bits per heavy atom. The first-order valence-electron chi connectivity index (χ1n) is 7.65. The molecular weight excluding hydrogens is 344 g/mol. The van der Waals surface area contributed by atoms with Crippen molar-refractivity contribution in [3.8, 4) is 11.5 Å². The molecule has 0 saturated carbocycles. The van der Waals surface area contributed by atoms with Crippen molar-refractivity contribution in [1.82, 2.24) is 14.8 Å². The van der Waals surface area contributed by atoms with Crippen molar-refractivity contribution in [3.05, 3.63) is 24.5 Å². The minimum Gasteiger partial charge on any atom is -0.497 e.